The van der Waals surface area contributed by atoms with Crippen molar-refractivity contribution >= 4 is 28.9 Å². The molecule has 0 aliphatic carbocycles. The van der Waals surface area contributed by atoms with Gasteiger partial charge in [0, 0.05) is 7.05 Å². The lowest BCUT2D eigenvalue weighted by Crippen LogP contribution is -2.33. The Bertz CT molecular complexity index is 518. The van der Waals surface area contributed by atoms with Crippen molar-refractivity contribution in [3.05, 3.63) is 23.4 Å². The highest BCUT2D eigenvalue weighted by Crippen LogP contribution is 2.30. The van der Waals surface area contributed by atoms with Gasteiger partial charge in [0.1, 0.15) is 16.5 Å². The summed E-state index contributed by atoms with van der Waals surface area (Å²) in [7, 11) is 1.37. The molecule has 1 aromatic rings. The average molecular weight is 292 g/mol. The first-order valence-corrected chi connectivity index (χ1v) is 5.41. The summed E-state index contributed by atoms with van der Waals surface area (Å²) in [6.07, 6.45) is -4.60. The highest BCUT2D eigenvalue weighted by atomic mass is 32.1. The molecule has 0 spiro atoms. The van der Waals surface area contributed by atoms with Crippen LogP contribution in [0.25, 0.3) is 0 Å². The molecular formula is C10H11F3N4OS. The zero-order valence-electron chi connectivity index (χ0n) is 9.86. The second-order valence-electron chi connectivity index (χ2n) is 3.75. The third-order valence-corrected chi connectivity index (χ3v) is 2.41. The molecule has 0 saturated carbocycles. The van der Waals surface area contributed by atoms with Crippen LogP contribution in [0.2, 0.25) is 0 Å². The number of halogens is 3. The van der Waals surface area contributed by atoms with E-state index in [0.717, 1.165) is 17.0 Å². The number of pyridine rings is 1. The maximum atomic E-state index is 12.6. The Morgan fingerprint density at radius 1 is 1.42 bits per heavy atom. The minimum atomic E-state index is -4.60. The van der Waals surface area contributed by atoms with Gasteiger partial charge in [0.25, 0.3) is 0 Å². The summed E-state index contributed by atoms with van der Waals surface area (Å²) < 4.78 is 37.8. The Morgan fingerprint density at radius 3 is 2.42 bits per heavy atom. The fourth-order valence-electron chi connectivity index (χ4n) is 1.40. The van der Waals surface area contributed by atoms with Crippen LogP contribution in [0, 0.1) is 0 Å². The van der Waals surface area contributed by atoms with E-state index in [1.807, 2.05) is 0 Å². The zero-order valence-corrected chi connectivity index (χ0v) is 10.7. The molecule has 104 valence electrons. The molecule has 1 rings (SSSR count). The molecule has 1 aromatic heterocycles. The van der Waals surface area contributed by atoms with Crippen molar-refractivity contribution in [1.29, 1.82) is 0 Å². The number of nitrogens with zero attached hydrogens (tertiary/aromatic N) is 2. The van der Waals surface area contributed by atoms with Gasteiger partial charge < -0.3 is 16.4 Å². The predicted octanol–water partition coefficient (Wildman–Crippen LogP) is 0.656. The van der Waals surface area contributed by atoms with E-state index in [1.165, 1.54) is 7.05 Å². The summed E-state index contributed by atoms with van der Waals surface area (Å²) in [5.74, 6) is -0.850. The van der Waals surface area contributed by atoms with Crippen LogP contribution in [0.5, 0.6) is 0 Å². The number of carbonyl (C=O) groups is 1. The Balaban J connectivity index is 3.31. The van der Waals surface area contributed by atoms with Crippen molar-refractivity contribution in [3.63, 3.8) is 0 Å². The van der Waals surface area contributed by atoms with Gasteiger partial charge in [-0.05, 0) is 12.1 Å². The number of amides is 1. The van der Waals surface area contributed by atoms with E-state index < -0.39 is 17.8 Å². The first-order valence-electron chi connectivity index (χ1n) is 5.00. The Labute approximate surface area is 112 Å². The smallest absolute Gasteiger partial charge is 0.389 e. The van der Waals surface area contributed by atoms with E-state index in [-0.39, 0.29) is 22.9 Å². The fourth-order valence-corrected chi connectivity index (χ4v) is 1.56. The third-order valence-electron chi connectivity index (χ3n) is 2.19. The van der Waals surface area contributed by atoms with E-state index in [1.54, 1.807) is 0 Å². The second kappa shape index (κ2) is 5.39. The molecule has 0 aliphatic heterocycles. The standard InChI is InChI=1S/C10H11F3N4OS/c1-17(4-7(14)18)9-5(8(15)19)2-3-6(16-9)10(11,12)13/h2-3H,4H2,1H3,(H2,14,18)(H2,15,19). The van der Waals surface area contributed by atoms with Crippen LogP contribution in [0.3, 0.4) is 0 Å². The van der Waals surface area contributed by atoms with Gasteiger partial charge in [0.15, 0.2) is 0 Å². The van der Waals surface area contributed by atoms with Crippen LogP contribution in [0.4, 0.5) is 19.0 Å². The van der Waals surface area contributed by atoms with Gasteiger partial charge in [-0.1, -0.05) is 12.2 Å². The topological polar surface area (TPSA) is 85.2 Å². The van der Waals surface area contributed by atoms with E-state index >= 15 is 0 Å². The van der Waals surface area contributed by atoms with Crippen molar-refractivity contribution in [2.75, 3.05) is 18.5 Å². The normalized spacial score (nSPS) is 11.2. The fraction of sp³-hybridized carbons (Fsp3) is 0.300. The van der Waals surface area contributed by atoms with Crippen LogP contribution < -0.4 is 16.4 Å². The van der Waals surface area contributed by atoms with Crippen LogP contribution >= 0.6 is 12.2 Å². The molecule has 0 saturated heterocycles. The van der Waals surface area contributed by atoms with E-state index in [2.05, 4.69) is 4.98 Å². The van der Waals surface area contributed by atoms with E-state index in [0.29, 0.717) is 0 Å². The summed E-state index contributed by atoms with van der Waals surface area (Å²) in [4.78, 5) is 15.3. The van der Waals surface area contributed by atoms with Gasteiger partial charge in [0.05, 0.1) is 12.1 Å². The lowest BCUT2D eigenvalue weighted by atomic mass is 10.2. The number of carbonyl (C=O) groups excluding carboxylic acids is 1. The molecular weight excluding hydrogens is 281 g/mol. The third kappa shape index (κ3) is 3.78. The predicted molar refractivity (Wildman–Crippen MR) is 67.6 cm³/mol. The van der Waals surface area contributed by atoms with Gasteiger partial charge in [-0.15, -0.1) is 0 Å². The minimum Gasteiger partial charge on any atom is -0.389 e. The van der Waals surface area contributed by atoms with Crippen molar-refractivity contribution in [2.45, 2.75) is 6.18 Å². The van der Waals surface area contributed by atoms with Gasteiger partial charge in [-0.25, -0.2) is 4.98 Å². The molecule has 19 heavy (non-hydrogen) atoms. The maximum Gasteiger partial charge on any atom is 0.433 e. The summed E-state index contributed by atoms with van der Waals surface area (Å²) in [5, 5.41) is 0. The number of hydrogen-bond donors (Lipinski definition) is 2. The summed E-state index contributed by atoms with van der Waals surface area (Å²) in [6.45, 7) is -0.302. The quantitative estimate of drug-likeness (QED) is 0.796. The number of thiocarbonyl (C=S) groups is 1. The van der Waals surface area contributed by atoms with Crippen molar-refractivity contribution in [1.82, 2.24) is 4.98 Å². The van der Waals surface area contributed by atoms with E-state index in [4.69, 9.17) is 23.7 Å². The van der Waals surface area contributed by atoms with Gasteiger partial charge in [0.2, 0.25) is 5.91 Å². The number of aromatic nitrogens is 1. The molecule has 9 heteroatoms. The lowest BCUT2D eigenvalue weighted by Gasteiger charge is -2.20. The first-order chi connectivity index (χ1) is 8.62. The minimum absolute atomic E-state index is 0.118. The molecule has 0 unspecified atom stereocenters. The molecule has 5 nitrogen and oxygen atoms in total. The molecule has 4 N–H and O–H groups in total. The summed E-state index contributed by atoms with van der Waals surface area (Å²) >= 11 is 4.73. The molecule has 0 aromatic carbocycles. The largest absolute Gasteiger partial charge is 0.433 e. The van der Waals surface area contributed by atoms with Crippen molar-refractivity contribution < 1.29 is 18.0 Å². The van der Waals surface area contributed by atoms with Crippen molar-refractivity contribution in [2.24, 2.45) is 11.5 Å². The van der Waals surface area contributed by atoms with Crippen LogP contribution in [-0.4, -0.2) is 29.5 Å². The highest BCUT2D eigenvalue weighted by Gasteiger charge is 2.33. The van der Waals surface area contributed by atoms with Gasteiger partial charge in [-0.2, -0.15) is 13.2 Å². The molecule has 1 amide bonds. The van der Waals surface area contributed by atoms with Crippen LogP contribution in [0.1, 0.15) is 11.3 Å². The Kier molecular flexibility index (Phi) is 4.30. The number of likely N-dealkylation sites (N-methyl/N-ethyl adjacent to an activating group) is 1. The molecule has 0 fully saturated rings. The zero-order chi connectivity index (χ0) is 14.8. The summed E-state index contributed by atoms with van der Waals surface area (Å²) in [5.41, 5.74) is 9.44. The number of primary amides is 1. The van der Waals surface area contributed by atoms with Gasteiger partial charge in [-0.3, -0.25) is 4.79 Å². The summed E-state index contributed by atoms with van der Waals surface area (Å²) in [6, 6.07) is 1.89. The van der Waals surface area contributed by atoms with E-state index in [9.17, 15) is 18.0 Å². The molecule has 0 aliphatic rings. The highest BCUT2D eigenvalue weighted by molar-refractivity contribution is 7.80. The lowest BCUT2D eigenvalue weighted by molar-refractivity contribution is -0.141. The van der Waals surface area contributed by atoms with Gasteiger partial charge >= 0.3 is 6.18 Å². The number of hydrogen-bond acceptors (Lipinski definition) is 4. The molecule has 0 bridgehead atoms. The SMILES string of the molecule is CN(CC(N)=O)c1nc(C(F)(F)F)ccc1C(N)=S. The van der Waals surface area contributed by atoms with Crippen molar-refractivity contribution in [3.8, 4) is 0 Å². The first kappa shape index (κ1) is 15.2. The molecule has 1 heterocycles. The molecule has 0 atom stereocenters. The second-order valence-corrected chi connectivity index (χ2v) is 4.19. The van der Waals surface area contributed by atoms with Crippen LogP contribution in [0.15, 0.2) is 12.1 Å². The number of alkyl halides is 3. The number of nitrogens with two attached hydrogens (primary N) is 2. The number of rotatable bonds is 4. The average Bonchev–Trinajstić information content (AvgIpc) is 2.25. The maximum absolute atomic E-state index is 12.6. The Morgan fingerprint density at radius 2 is 2.00 bits per heavy atom. The van der Waals surface area contributed by atoms with Crippen LogP contribution in [-0.2, 0) is 11.0 Å². The Hall–Kier alpha value is -1.90. The number of anilines is 1. The monoisotopic (exact) mass is 292 g/mol. The molecule has 0 radical (unpaired) electrons.